The number of fused-ring (bicyclic) bond motifs is 1. The summed E-state index contributed by atoms with van der Waals surface area (Å²) < 4.78 is 11.0. The van der Waals surface area contributed by atoms with E-state index in [1.807, 2.05) is 6.07 Å². The zero-order valence-corrected chi connectivity index (χ0v) is 20.6. The molecule has 0 N–H and O–H groups in total. The van der Waals surface area contributed by atoms with E-state index < -0.39 is 5.97 Å². The van der Waals surface area contributed by atoms with Gasteiger partial charge in [0.15, 0.2) is 0 Å². The lowest BCUT2D eigenvalue weighted by atomic mass is 9.93. The Labute approximate surface area is 211 Å². The molecular formula is C28H31N3O5. The molecule has 0 radical (unpaired) electrons. The van der Waals surface area contributed by atoms with Gasteiger partial charge in [-0.15, -0.1) is 0 Å². The number of carbonyl (C=O) groups is 3. The van der Waals surface area contributed by atoms with Gasteiger partial charge in [-0.3, -0.25) is 14.4 Å². The van der Waals surface area contributed by atoms with Crippen LogP contribution < -0.4 is 9.64 Å². The average molecular weight is 490 g/mol. The van der Waals surface area contributed by atoms with Gasteiger partial charge in [0.2, 0.25) is 5.91 Å². The molecule has 0 atom stereocenters. The molecule has 0 spiro atoms. The predicted octanol–water partition coefficient (Wildman–Crippen LogP) is 4.21. The van der Waals surface area contributed by atoms with Gasteiger partial charge in [0.05, 0.1) is 35.9 Å². The number of esters is 1. The molecule has 1 aliphatic carbocycles. The largest absolute Gasteiger partial charge is 0.489 e. The summed E-state index contributed by atoms with van der Waals surface area (Å²) in [6.07, 6.45) is 5.07. The molecule has 1 heterocycles. The maximum absolute atomic E-state index is 13.6. The molecule has 2 aromatic rings. The third-order valence-corrected chi connectivity index (χ3v) is 6.63. The normalized spacial score (nSPS) is 16.2. The Balaban J connectivity index is 1.62. The number of nitriles is 1. The van der Waals surface area contributed by atoms with E-state index in [-0.39, 0.29) is 50.6 Å². The fourth-order valence-electron chi connectivity index (χ4n) is 4.88. The van der Waals surface area contributed by atoms with E-state index in [0.717, 1.165) is 37.7 Å². The molecule has 0 saturated heterocycles. The van der Waals surface area contributed by atoms with Gasteiger partial charge >= 0.3 is 5.97 Å². The fraction of sp³-hybridized carbons (Fsp3) is 0.429. The number of rotatable bonds is 8. The third-order valence-electron chi connectivity index (χ3n) is 6.63. The molecule has 2 aliphatic rings. The summed E-state index contributed by atoms with van der Waals surface area (Å²) in [7, 11) is 0. The van der Waals surface area contributed by atoms with E-state index in [2.05, 4.69) is 6.07 Å². The molecule has 8 heteroatoms. The first kappa shape index (κ1) is 25.2. The quantitative estimate of drug-likeness (QED) is 0.515. The minimum Gasteiger partial charge on any atom is -0.489 e. The Bertz CT molecular complexity index is 1170. The van der Waals surface area contributed by atoms with Crippen molar-refractivity contribution in [1.82, 2.24) is 4.90 Å². The molecular weight excluding hydrogens is 458 g/mol. The van der Waals surface area contributed by atoms with Crippen LogP contribution in [-0.4, -0.2) is 48.4 Å². The highest BCUT2D eigenvalue weighted by Crippen LogP contribution is 2.35. The molecule has 1 fully saturated rings. The zero-order valence-electron chi connectivity index (χ0n) is 20.6. The van der Waals surface area contributed by atoms with E-state index in [0.29, 0.717) is 22.6 Å². The SMILES string of the molecule is CCOC(=O)CCN1CC(=O)N(C2CCCCC2)c2ccc(OCc3cccc(C#N)c3)cc2C1=O. The van der Waals surface area contributed by atoms with E-state index >= 15 is 0 Å². The molecule has 8 nitrogen and oxygen atoms in total. The van der Waals surface area contributed by atoms with Crippen molar-refractivity contribution in [3.8, 4) is 11.8 Å². The third kappa shape index (κ3) is 5.85. The molecule has 36 heavy (non-hydrogen) atoms. The second-order valence-electron chi connectivity index (χ2n) is 9.12. The van der Waals surface area contributed by atoms with Crippen molar-refractivity contribution in [2.75, 3.05) is 24.6 Å². The second-order valence-corrected chi connectivity index (χ2v) is 9.12. The van der Waals surface area contributed by atoms with E-state index in [1.54, 1.807) is 48.2 Å². The molecule has 1 saturated carbocycles. The number of hydrogen-bond acceptors (Lipinski definition) is 6. The van der Waals surface area contributed by atoms with Gasteiger partial charge in [-0.25, -0.2) is 0 Å². The Morgan fingerprint density at radius 2 is 1.92 bits per heavy atom. The van der Waals surface area contributed by atoms with Crippen LogP contribution >= 0.6 is 0 Å². The molecule has 0 aromatic heterocycles. The number of ether oxygens (including phenoxy) is 2. The summed E-state index contributed by atoms with van der Waals surface area (Å²) in [5.41, 5.74) is 2.37. The average Bonchev–Trinajstić information content (AvgIpc) is 3.00. The Hall–Kier alpha value is -3.86. The summed E-state index contributed by atoms with van der Waals surface area (Å²) >= 11 is 0. The monoisotopic (exact) mass is 489 g/mol. The highest BCUT2D eigenvalue weighted by molar-refractivity contribution is 6.10. The van der Waals surface area contributed by atoms with Gasteiger partial charge in [0.1, 0.15) is 18.9 Å². The van der Waals surface area contributed by atoms with Crippen LogP contribution in [0.4, 0.5) is 5.69 Å². The molecule has 2 aromatic carbocycles. The van der Waals surface area contributed by atoms with Gasteiger partial charge in [-0.05, 0) is 55.7 Å². The van der Waals surface area contributed by atoms with Crippen LogP contribution in [0.3, 0.4) is 0 Å². The summed E-state index contributed by atoms with van der Waals surface area (Å²) in [6.45, 7) is 2.26. The minimum absolute atomic E-state index is 0.0248. The van der Waals surface area contributed by atoms with Crippen LogP contribution in [0.1, 0.15) is 66.9 Å². The lowest BCUT2D eigenvalue weighted by Crippen LogP contribution is -2.45. The number of anilines is 1. The van der Waals surface area contributed by atoms with Crippen molar-refractivity contribution in [2.24, 2.45) is 0 Å². The van der Waals surface area contributed by atoms with Crippen molar-refractivity contribution in [2.45, 2.75) is 58.1 Å². The summed E-state index contributed by atoms with van der Waals surface area (Å²) in [5.74, 6) is -0.353. The van der Waals surface area contributed by atoms with E-state index in [9.17, 15) is 14.4 Å². The smallest absolute Gasteiger partial charge is 0.307 e. The fourth-order valence-corrected chi connectivity index (χ4v) is 4.88. The molecule has 1 aliphatic heterocycles. The zero-order chi connectivity index (χ0) is 25.5. The number of hydrogen-bond donors (Lipinski definition) is 0. The maximum Gasteiger partial charge on any atom is 0.307 e. The van der Waals surface area contributed by atoms with Crippen LogP contribution in [0.15, 0.2) is 42.5 Å². The van der Waals surface area contributed by atoms with Crippen molar-refractivity contribution in [1.29, 1.82) is 5.26 Å². The second kappa shape index (κ2) is 11.7. The van der Waals surface area contributed by atoms with Gasteiger partial charge in [-0.2, -0.15) is 5.26 Å². The van der Waals surface area contributed by atoms with Gasteiger partial charge < -0.3 is 19.3 Å². The van der Waals surface area contributed by atoms with Crippen LogP contribution in [-0.2, 0) is 20.9 Å². The lowest BCUT2D eigenvalue weighted by Gasteiger charge is -2.34. The molecule has 0 bridgehead atoms. The first-order valence-electron chi connectivity index (χ1n) is 12.5. The van der Waals surface area contributed by atoms with E-state index in [1.165, 1.54) is 4.90 Å². The number of benzene rings is 2. The Morgan fingerprint density at radius 3 is 2.67 bits per heavy atom. The Morgan fingerprint density at radius 1 is 1.11 bits per heavy atom. The summed E-state index contributed by atoms with van der Waals surface area (Å²) in [6, 6.07) is 14.6. The minimum atomic E-state index is -0.400. The highest BCUT2D eigenvalue weighted by Gasteiger charge is 2.36. The standard InChI is InChI=1S/C28H31N3O5/c1-2-35-27(33)13-14-30-18-26(32)31(22-9-4-3-5-10-22)25-12-11-23(16-24(25)28(30)34)36-19-21-8-6-7-20(15-21)17-29/h6-8,11-12,15-16,22H,2-5,9-10,13-14,18-19H2,1H3. The van der Waals surface area contributed by atoms with Gasteiger partial charge in [0.25, 0.3) is 5.91 Å². The summed E-state index contributed by atoms with van der Waals surface area (Å²) in [4.78, 5) is 42.2. The van der Waals surface area contributed by atoms with Crippen molar-refractivity contribution >= 4 is 23.5 Å². The first-order valence-corrected chi connectivity index (χ1v) is 12.5. The van der Waals surface area contributed by atoms with Crippen LogP contribution in [0.2, 0.25) is 0 Å². The van der Waals surface area contributed by atoms with Crippen molar-refractivity contribution < 1.29 is 23.9 Å². The summed E-state index contributed by atoms with van der Waals surface area (Å²) in [5, 5.41) is 9.13. The number of nitrogens with zero attached hydrogens (tertiary/aromatic N) is 3. The van der Waals surface area contributed by atoms with Crippen molar-refractivity contribution in [3.05, 3.63) is 59.2 Å². The van der Waals surface area contributed by atoms with Crippen LogP contribution in [0.5, 0.6) is 5.75 Å². The number of carbonyl (C=O) groups excluding carboxylic acids is 3. The predicted molar refractivity (Wildman–Crippen MR) is 133 cm³/mol. The molecule has 4 rings (SSSR count). The lowest BCUT2D eigenvalue weighted by molar-refractivity contribution is -0.143. The first-order chi connectivity index (χ1) is 17.5. The van der Waals surface area contributed by atoms with Gasteiger partial charge in [0, 0.05) is 12.6 Å². The van der Waals surface area contributed by atoms with E-state index in [4.69, 9.17) is 14.7 Å². The maximum atomic E-state index is 13.6. The topological polar surface area (TPSA) is 99.9 Å². The van der Waals surface area contributed by atoms with Gasteiger partial charge in [-0.1, -0.05) is 31.4 Å². The van der Waals surface area contributed by atoms with Crippen LogP contribution in [0, 0.1) is 11.3 Å². The van der Waals surface area contributed by atoms with Crippen LogP contribution in [0.25, 0.3) is 0 Å². The number of amides is 2. The van der Waals surface area contributed by atoms with Crippen molar-refractivity contribution in [3.63, 3.8) is 0 Å². The molecule has 2 amide bonds. The molecule has 0 unspecified atom stereocenters. The molecule has 188 valence electrons. The Kier molecular flexibility index (Phi) is 8.21. The highest BCUT2D eigenvalue weighted by atomic mass is 16.5.